The lowest BCUT2D eigenvalue weighted by molar-refractivity contribution is -0.133. The Hall–Kier alpha value is -2.92. The second kappa shape index (κ2) is 7.10. The van der Waals surface area contributed by atoms with Gasteiger partial charge in [0.15, 0.2) is 5.11 Å². The summed E-state index contributed by atoms with van der Waals surface area (Å²) >= 11 is 5.25. The SMILES string of the molecule is O=C(O)C1=C(/C=C/c2ccccc2)NC(=S)NC1c1ccccc1. The lowest BCUT2D eigenvalue weighted by Gasteiger charge is -2.29. The molecule has 1 aliphatic heterocycles. The van der Waals surface area contributed by atoms with Crippen LogP contribution in [0.3, 0.4) is 0 Å². The Balaban J connectivity index is 2.03. The highest BCUT2D eigenvalue weighted by Crippen LogP contribution is 2.27. The summed E-state index contributed by atoms with van der Waals surface area (Å²) in [4.78, 5) is 11.9. The van der Waals surface area contributed by atoms with Crippen LogP contribution in [0.4, 0.5) is 0 Å². The van der Waals surface area contributed by atoms with Crippen molar-refractivity contribution in [3.05, 3.63) is 89.1 Å². The lowest BCUT2D eigenvalue weighted by Crippen LogP contribution is -2.45. The summed E-state index contributed by atoms with van der Waals surface area (Å²) < 4.78 is 0. The van der Waals surface area contributed by atoms with Gasteiger partial charge in [0.05, 0.1) is 17.3 Å². The smallest absolute Gasteiger partial charge is 0.336 e. The molecule has 3 rings (SSSR count). The zero-order valence-corrected chi connectivity index (χ0v) is 13.6. The fraction of sp³-hybridized carbons (Fsp3) is 0.0526. The molecular weight excluding hydrogens is 320 g/mol. The van der Waals surface area contributed by atoms with Gasteiger partial charge in [0.1, 0.15) is 0 Å². The van der Waals surface area contributed by atoms with Crippen molar-refractivity contribution in [2.24, 2.45) is 0 Å². The van der Waals surface area contributed by atoms with Crippen molar-refractivity contribution in [3.63, 3.8) is 0 Å². The van der Waals surface area contributed by atoms with Crippen molar-refractivity contribution >= 4 is 29.4 Å². The topological polar surface area (TPSA) is 61.4 Å². The second-order valence-electron chi connectivity index (χ2n) is 5.32. The molecule has 3 N–H and O–H groups in total. The van der Waals surface area contributed by atoms with Gasteiger partial charge in [-0.1, -0.05) is 66.7 Å². The fourth-order valence-corrected chi connectivity index (χ4v) is 2.82. The lowest BCUT2D eigenvalue weighted by atomic mass is 9.95. The maximum absolute atomic E-state index is 11.9. The van der Waals surface area contributed by atoms with E-state index in [0.29, 0.717) is 10.8 Å². The van der Waals surface area contributed by atoms with Crippen molar-refractivity contribution in [2.75, 3.05) is 0 Å². The van der Waals surface area contributed by atoms with Gasteiger partial charge in [0.2, 0.25) is 0 Å². The van der Waals surface area contributed by atoms with E-state index in [9.17, 15) is 9.90 Å². The van der Waals surface area contributed by atoms with E-state index in [1.165, 1.54) is 0 Å². The van der Waals surface area contributed by atoms with Gasteiger partial charge in [-0.15, -0.1) is 0 Å². The molecule has 0 saturated carbocycles. The molecule has 2 aromatic carbocycles. The number of benzene rings is 2. The van der Waals surface area contributed by atoms with Gasteiger partial charge in [0.25, 0.3) is 0 Å². The number of carboxylic acid groups (broad SMARTS) is 1. The van der Waals surface area contributed by atoms with Crippen LogP contribution in [0, 0.1) is 0 Å². The Kier molecular flexibility index (Phi) is 4.72. The summed E-state index contributed by atoms with van der Waals surface area (Å²) in [5.74, 6) is -0.987. The first-order valence-electron chi connectivity index (χ1n) is 7.48. The highest BCUT2D eigenvalue weighted by molar-refractivity contribution is 7.80. The number of hydrogen-bond acceptors (Lipinski definition) is 2. The Morgan fingerprint density at radius 2 is 1.62 bits per heavy atom. The predicted octanol–water partition coefficient (Wildman–Crippen LogP) is 3.26. The molecule has 4 nitrogen and oxygen atoms in total. The van der Waals surface area contributed by atoms with E-state index >= 15 is 0 Å². The van der Waals surface area contributed by atoms with Crippen LogP contribution >= 0.6 is 12.2 Å². The molecule has 0 aromatic heterocycles. The summed E-state index contributed by atoms with van der Waals surface area (Å²) in [5.41, 5.74) is 2.56. The molecule has 1 aliphatic rings. The van der Waals surface area contributed by atoms with Gasteiger partial charge >= 0.3 is 5.97 Å². The van der Waals surface area contributed by atoms with Crippen molar-refractivity contribution in [3.8, 4) is 0 Å². The number of carboxylic acids is 1. The zero-order chi connectivity index (χ0) is 16.9. The van der Waals surface area contributed by atoms with Crippen molar-refractivity contribution in [1.29, 1.82) is 0 Å². The Morgan fingerprint density at radius 3 is 2.25 bits per heavy atom. The van der Waals surface area contributed by atoms with Crippen LogP contribution in [0.5, 0.6) is 0 Å². The molecule has 0 fully saturated rings. The van der Waals surface area contributed by atoms with Gasteiger partial charge in [-0.2, -0.15) is 0 Å². The summed E-state index contributed by atoms with van der Waals surface area (Å²) in [6.07, 6.45) is 3.61. The van der Waals surface area contributed by atoms with Crippen LogP contribution < -0.4 is 10.6 Å². The van der Waals surface area contributed by atoms with E-state index in [4.69, 9.17) is 12.2 Å². The number of rotatable bonds is 4. The van der Waals surface area contributed by atoms with Crippen LogP contribution in [0.15, 0.2) is 78.0 Å². The van der Waals surface area contributed by atoms with E-state index in [2.05, 4.69) is 10.6 Å². The molecule has 1 atom stereocenters. The molecule has 5 heteroatoms. The number of nitrogens with one attached hydrogen (secondary N) is 2. The standard InChI is InChI=1S/C19H16N2O2S/c22-18(23)16-15(12-11-13-7-3-1-4-8-13)20-19(24)21-17(16)14-9-5-2-6-10-14/h1-12,17H,(H,22,23)(H2,20,21,24)/b12-11+. The van der Waals surface area contributed by atoms with Gasteiger partial charge in [-0.25, -0.2) is 4.79 Å². The Labute approximate surface area is 145 Å². The molecular formula is C19H16N2O2S. The molecule has 0 bridgehead atoms. The Bertz CT molecular complexity index is 814. The van der Waals surface area contributed by atoms with Crippen LogP contribution in [0.25, 0.3) is 6.08 Å². The molecule has 0 saturated heterocycles. The van der Waals surface area contributed by atoms with Gasteiger partial charge in [-0.05, 0) is 29.4 Å². The largest absolute Gasteiger partial charge is 0.478 e. The average Bonchev–Trinajstić information content (AvgIpc) is 2.60. The zero-order valence-electron chi connectivity index (χ0n) is 12.8. The predicted molar refractivity (Wildman–Crippen MR) is 98.2 cm³/mol. The third-order valence-electron chi connectivity index (χ3n) is 3.71. The molecule has 0 amide bonds. The minimum Gasteiger partial charge on any atom is -0.478 e. The molecule has 1 unspecified atom stereocenters. The number of hydrogen-bond donors (Lipinski definition) is 3. The number of allylic oxidation sites excluding steroid dienone is 1. The van der Waals surface area contributed by atoms with Crippen LogP contribution in [-0.4, -0.2) is 16.2 Å². The Morgan fingerprint density at radius 1 is 1.00 bits per heavy atom. The monoisotopic (exact) mass is 336 g/mol. The fourth-order valence-electron chi connectivity index (χ4n) is 2.59. The molecule has 2 aromatic rings. The number of carbonyl (C=O) groups is 1. The summed E-state index contributed by atoms with van der Waals surface area (Å²) in [5, 5.41) is 16.1. The van der Waals surface area contributed by atoms with Gasteiger partial charge in [-0.3, -0.25) is 0 Å². The van der Waals surface area contributed by atoms with E-state index in [0.717, 1.165) is 11.1 Å². The molecule has 1 heterocycles. The summed E-state index contributed by atoms with van der Waals surface area (Å²) in [7, 11) is 0. The molecule has 0 spiro atoms. The molecule has 24 heavy (non-hydrogen) atoms. The maximum Gasteiger partial charge on any atom is 0.336 e. The molecule has 0 aliphatic carbocycles. The van der Waals surface area contributed by atoms with E-state index < -0.39 is 12.0 Å². The van der Waals surface area contributed by atoms with Crippen LogP contribution in [0.2, 0.25) is 0 Å². The minimum atomic E-state index is -0.987. The third kappa shape index (κ3) is 3.52. The van der Waals surface area contributed by atoms with Crippen molar-refractivity contribution in [2.45, 2.75) is 6.04 Å². The van der Waals surface area contributed by atoms with Crippen molar-refractivity contribution < 1.29 is 9.90 Å². The highest BCUT2D eigenvalue weighted by atomic mass is 32.1. The molecule has 120 valence electrons. The van der Waals surface area contributed by atoms with Gasteiger partial charge in [0, 0.05) is 0 Å². The first-order valence-corrected chi connectivity index (χ1v) is 7.89. The second-order valence-corrected chi connectivity index (χ2v) is 5.73. The first kappa shape index (κ1) is 16.0. The quantitative estimate of drug-likeness (QED) is 0.748. The van der Waals surface area contributed by atoms with Crippen LogP contribution in [0.1, 0.15) is 17.2 Å². The highest BCUT2D eigenvalue weighted by Gasteiger charge is 2.30. The van der Waals surface area contributed by atoms with Crippen LogP contribution in [-0.2, 0) is 4.79 Å². The van der Waals surface area contributed by atoms with E-state index in [1.54, 1.807) is 6.08 Å². The summed E-state index contributed by atoms with van der Waals surface area (Å²) in [6, 6.07) is 18.6. The first-order chi connectivity index (χ1) is 11.6. The van der Waals surface area contributed by atoms with E-state index in [1.807, 2.05) is 66.7 Å². The summed E-state index contributed by atoms with van der Waals surface area (Å²) in [6.45, 7) is 0. The van der Waals surface area contributed by atoms with E-state index in [-0.39, 0.29) is 5.57 Å². The number of thiocarbonyl (C=S) groups is 1. The molecule has 0 radical (unpaired) electrons. The minimum absolute atomic E-state index is 0.238. The van der Waals surface area contributed by atoms with Gasteiger partial charge < -0.3 is 15.7 Å². The van der Waals surface area contributed by atoms with Crippen molar-refractivity contribution in [1.82, 2.24) is 10.6 Å². The maximum atomic E-state index is 11.9. The normalized spacial score (nSPS) is 17.5. The average molecular weight is 336 g/mol. The number of aliphatic carboxylic acids is 1. The third-order valence-corrected chi connectivity index (χ3v) is 3.93.